The van der Waals surface area contributed by atoms with Crippen molar-refractivity contribution in [1.29, 1.82) is 0 Å². The van der Waals surface area contributed by atoms with Crippen LogP contribution in [0.1, 0.15) is 32.1 Å². The lowest BCUT2D eigenvalue weighted by molar-refractivity contribution is -0.384. The Morgan fingerprint density at radius 3 is 2.67 bits per heavy atom. The molecule has 0 spiro atoms. The first-order valence-electron chi connectivity index (χ1n) is 6.93. The van der Waals surface area contributed by atoms with Crippen molar-refractivity contribution in [3.63, 3.8) is 0 Å². The summed E-state index contributed by atoms with van der Waals surface area (Å²) in [5.41, 5.74) is -0.0547. The number of non-ortho nitro benzene ring substituents is 1. The molecule has 0 saturated heterocycles. The number of carbonyl (C=O) groups is 1. The van der Waals surface area contributed by atoms with Crippen molar-refractivity contribution in [1.82, 2.24) is 0 Å². The molecule has 1 aromatic rings. The van der Waals surface area contributed by atoms with Crippen LogP contribution in [0.3, 0.4) is 0 Å². The zero-order chi connectivity index (χ0) is 15.1. The van der Waals surface area contributed by atoms with Gasteiger partial charge in [-0.25, -0.2) is 4.79 Å². The van der Waals surface area contributed by atoms with Gasteiger partial charge < -0.3 is 9.47 Å². The summed E-state index contributed by atoms with van der Waals surface area (Å²) in [5, 5.41) is 10.5. The Labute approximate surface area is 122 Å². The van der Waals surface area contributed by atoms with Gasteiger partial charge in [-0.1, -0.05) is 12.2 Å². The Morgan fingerprint density at radius 2 is 1.95 bits per heavy atom. The summed E-state index contributed by atoms with van der Waals surface area (Å²) < 4.78 is 10.3. The number of ether oxygens (including phenoxy) is 2. The molecule has 0 aromatic heterocycles. The maximum Gasteiger partial charge on any atom is 0.514 e. The largest absolute Gasteiger partial charge is 0.514 e. The Balaban J connectivity index is 1.87. The summed E-state index contributed by atoms with van der Waals surface area (Å²) in [5.74, 6) is 0.229. The lowest BCUT2D eigenvalue weighted by Gasteiger charge is -2.17. The van der Waals surface area contributed by atoms with Gasteiger partial charge in [0.05, 0.1) is 4.92 Å². The van der Waals surface area contributed by atoms with Gasteiger partial charge in [0.1, 0.15) is 11.9 Å². The molecule has 0 heterocycles. The maximum absolute atomic E-state index is 11.7. The predicted octanol–water partition coefficient (Wildman–Crippen LogP) is 4.00. The number of hydrogen-bond donors (Lipinski definition) is 0. The van der Waals surface area contributed by atoms with Crippen molar-refractivity contribution in [3.8, 4) is 5.75 Å². The molecule has 6 nitrogen and oxygen atoms in total. The maximum atomic E-state index is 11.7. The van der Waals surface area contributed by atoms with Crippen LogP contribution in [0, 0.1) is 10.1 Å². The molecule has 1 aliphatic carbocycles. The number of nitro benzene ring substituents is 1. The number of nitro groups is 1. The van der Waals surface area contributed by atoms with Crippen LogP contribution in [0.25, 0.3) is 0 Å². The SMILES string of the molecule is O=C(Oc1ccc([N+](=O)[O-])cc1)OC1CC=CCCCC1. The molecule has 0 saturated carbocycles. The number of benzene rings is 1. The molecular weight excluding hydrogens is 274 g/mol. The third-order valence-electron chi connectivity index (χ3n) is 3.22. The van der Waals surface area contributed by atoms with Gasteiger partial charge in [-0.15, -0.1) is 0 Å². The van der Waals surface area contributed by atoms with Crippen LogP contribution < -0.4 is 4.74 Å². The Morgan fingerprint density at radius 1 is 1.19 bits per heavy atom. The number of allylic oxidation sites excluding steroid dienone is 1. The lowest BCUT2D eigenvalue weighted by atomic mass is 10.0. The van der Waals surface area contributed by atoms with Crippen LogP contribution in [-0.2, 0) is 4.74 Å². The normalized spacial score (nSPS) is 18.4. The zero-order valence-corrected chi connectivity index (χ0v) is 11.6. The van der Waals surface area contributed by atoms with E-state index in [1.165, 1.54) is 24.3 Å². The molecule has 6 heteroatoms. The van der Waals surface area contributed by atoms with Crippen molar-refractivity contribution in [3.05, 3.63) is 46.5 Å². The van der Waals surface area contributed by atoms with E-state index in [0.717, 1.165) is 25.7 Å². The van der Waals surface area contributed by atoms with Crippen molar-refractivity contribution in [2.24, 2.45) is 0 Å². The summed E-state index contributed by atoms with van der Waals surface area (Å²) in [6.45, 7) is 0. The minimum absolute atomic E-state index is 0.0547. The van der Waals surface area contributed by atoms with Gasteiger partial charge >= 0.3 is 6.16 Å². The van der Waals surface area contributed by atoms with E-state index in [-0.39, 0.29) is 17.5 Å². The van der Waals surface area contributed by atoms with Crippen molar-refractivity contribution >= 4 is 11.8 Å². The van der Waals surface area contributed by atoms with Gasteiger partial charge in [-0.05, 0) is 37.8 Å². The minimum atomic E-state index is -0.775. The third kappa shape index (κ3) is 4.91. The van der Waals surface area contributed by atoms with E-state index in [2.05, 4.69) is 6.08 Å². The molecule has 112 valence electrons. The second kappa shape index (κ2) is 7.42. The minimum Gasteiger partial charge on any atom is -0.430 e. The average molecular weight is 291 g/mol. The van der Waals surface area contributed by atoms with Gasteiger partial charge in [-0.2, -0.15) is 0 Å². The number of carbonyl (C=O) groups excluding carboxylic acids is 1. The average Bonchev–Trinajstić information content (AvgIpc) is 2.42. The molecule has 0 amide bonds. The molecule has 1 aromatic carbocycles. The molecule has 0 N–H and O–H groups in total. The standard InChI is InChI=1S/C15H17NO5/c17-15(20-13-6-4-2-1-3-5-7-13)21-14-10-8-12(9-11-14)16(18)19/h2,4,8-11,13H,1,3,5-7H2. The topological polar surface area (TPSA) is 78.7 Å². The summed E-state index contributed by atoms with van der Waals surface area (Å²) >= 11 is 0. The number of hydrogen-bond acceptors (Lipinski definition) is 5. The van der Waals surface area contributed by atoms with E-state index < -0.39 is 11.1 Å². The molecule has 0 radical (unpaired) electrons. The van der Waals surface area contributed by atoms with Gasteiger partial charge in [-0.3, -0.25) is 10.1 Å². The fourth-order valence-electron chi connectivity index (χ4n) is 2.12. The molecular formula is C15H17NO5. The first-order valence-corrected chi connectivity index (χ1v) is 6.93. The van der Waals surface area contributed by atoms with Crippen molar-refractivity contribution < 1.29 is 19.2 Å². The van der Waals surface area contributed by atoms with Crippen LogP contribution in [0.2, 0.25) is 0 Å². The van der Waals surface area contributed by atoms with E-state index in [1.54, 1.807) is 0 Å². The van der Waals surface area contributed by atoms with Crippen LogP contribution in [0.4, 0.5) is 10.5 Å². The lowest BCUT2D eigenvalue weighted by Crippen LogP contribution is -2.21. The molecule has 2 rings (SSSR count). The molecule has 0 aliphatic heterocycles. The van der Waals surface area contributed by atoms with Gasteiger partial charge in [0.2, 0.25) is 0 Å². The molecule has 21 heavy (non-hydrogen) atoms. The van der Waals surface area contributed by atoms with Crippen LogP contribution >= 0.6 is 0 Å². The Bertz CT molecular complexity index is 523. The Hall–Kier alpha value is -2.37. The molecule has 1 atom stereocenters. The smallest absolute Gasteiger partial charge is 0.430 e. The predicted molar refractivity (Wildman–Crippen MR) is 76.2 cm³/mol. The summed E-state index contributed by atoms with van der Waals surface area (Å²) in [4.78, 5) is 21.7. The van der Waals surface area contributed by atoms with E-state index >= 15 is 0 Å². The molecule has 0 fully saturated rings. The zero-order valence-electron chi connectivity index (χ0n) is 11.6. The van der Waals surface area contributed by atoms with Gasteiger partial charge in [0, 0.05) is 18.6 Å². The highest BCUT2D eigenvalue weighted by Gasteiger charge is 2.16. The summed E-state index contributed by atoms with van der Waals surface area (Å²) in [7, 11) is 0. The van der Waals surface area contributed by atoms with Crippen LogP contribution in [-0.4, -0.2) is 17.2 Å². The van der Waals surface area contributed by atoms with Crippen molar-refractivity contribution in [2.45, 2.75) is 38.2 Å². The second-order valence-corrected chi connectivity index (χ2v) is 4.83. The fraction of sp³-hybridized carbons (Fsp3) is 0.400. The molecule has 1 unspecified atom stereocenters. The van der Waals surface area contributed by atoms with E-state index in [4.69, 9.17) is 9.47 Å². The highest BCUT2D eigenvalue weighted by molar-refractivity contribution is 5.64. The quantitative estimate of drug-likeness (QED) is 0.276. The van der Waals surface area contributed by atoms with E-state index in [1.807, 2.05) is 6.08 Å². The van der Waals surface area contributed by atoms with E-state index in [9.17, 15) is 14.9 Å². The summed E-state index contributed by atoms with van der Waals surface area (Å²) in [6, 6.07) is 5.30. The highest BCUT2D eigenvalue weighted by atomic mass is 16.7. The monoisotopic (exact) mass is 291 g/mol. The third-order valence-corrected chi connectivity index (χ3v) is 3.22. The van der Waals surface area contributed by atoms with Crippen LogP contribution in [0.15, 0.2) is 36.4 Å². The highest BCUT2D eigenvalue weighted by Crippen LogP contribution is 2.19. The van der Waals surface area contributed by atoms with Gasteiger partial charge in [0.25, 0.3) is 5.69 Å². The Kier molecular flexibility index (Phi) is 5.31. The van der Waals surface area contributed by atoms with Crippen LogP contribution in [0.5, 0.6) is 5.75 Å². The molecule has 1 aliphatic rings. The summed E-state index contributed by atoms with van der Waals surface area (Å²) in [6.07, 6.45) is 7.85. The number of nitrogens with zero attached hydrogens (tertiary/aromatic N) is 1. The first kappa shape index (κ1) is 15.0. The van der Waals surface area contributed by atoms with E-state index in [0.29, 0.717) is 6.42 Å². The number of rotatable bonds is 3. The molecule has 0 bridgehead atoms. The second-order valence-electron chi connectivity index (χ2n) is 4.83. The van der Waals surface area contributed by atoms with Crippen molar-refractivity contribution in [2.75, 3.05) is 0 Å². The first-order chi connectivity index (χ1) is 10.1. The van der Waals surface area contributed by atoms with Gasteiger partial charge in [0.15, 0.2) is 0 Å². The fourth-order valence-corrected chi connectivity index (χ4v) is 2.12.